The van der Waals surface area contributed by atoms with Crippen molar-refractivity contribution in [2.45, 2.75) is 12.7 Å². The quantitative estimate of drug-likeness (QED) is 0.595. The Hall–Kier alpha value is 0.861. The fourth-order valence-corrected chi connectivity index (χ4v) is 1.34. The van der Waals surface area contributed by atoms with Crippen LogP contribution in [-0.2, 0) is 0 Å². The van der Waals surface area contributed by atoms with E-state index in [0.717, 1.165) is 4.47 Å². The number of halogens is 4. The summed E-state index contributed by atoms with van der Waals surface area (Å²) in [7, 11) is 0. The van der Waals surface area contributed by atoms with Crippen LogP contribution in [0.2, 0.25) is 6.32 Å². The molecule has 1 rings (SSSR count). The standard InChI is InChI=1S/C9H8BBrF3O.K/c11-8-3-1-7(2-4-8)9(15)5-6-10(12,13)14;/h1-4H,5-6H2;/q-1;+1. The molecule has 0 aliphatic carbocycles. The van der Waals surface area contributed by atoms with Crippen LogP contribution >= 0.6 is 15.9 Å². The minimum Gasteiger partial charge on any atom is -0.449 e. The van der Waals surface area contributed by atoms with Crippen LogP contribution in [0.5, 0.6) is 0 Å². The van der Waals surface area contributed by atoms with E-state index in [2.05, 4.69) is 15.9 Å². The molecule has 0 aromatic heterocycles. The molecule has 1 aromatic rings. The van der Waals surface area contributed by atoms with Gasteiger partial charge in [0.1, 0.15) is 0 Å². The molecule has 0 N–H and O–H groups in total. The number of Topliss-reactive ketones (excluding diaryl/α,β-unsaturated/α-hetero) is 1. The van der Waals surface area contributed by atoms with E-state index >= 15 is 0 Å². The summed E-state index contributed by atoms with van der Waals surface area (Å²) in [6.45, 7) is -4.87. The van der Waals surface area contributed by atoms with Gasteiger partial charge in [-0.1, -0.05) is 34.4 Å². The van der Waals surface area contributed by atoms with E-state index in [1.165, 1.54) is 12.1 Å². The second-order valence-corrected chi connectivity index (χ2v) is 4.09. The molecule has 0 atom stereocenters. The van der Waals surface area contributed by atoms with Gasteiger partial charge in [0.15, 0.2) is 5.78 Å². The van der Waals surface area contributed by atoms with Crippen molar-refractivity contribution in [1.29, 1.82) is 0 Å². The molecule has 0 heterocycles. The van der Waals surface area contributed by atoms with Gasteiger partial charge >= 0.3 is 58.4 Å². The van der Waals surface area contributed by atoms with Crippen molar-refractivity contribution in [1.82, 2.24) is 0 Å². The summed E-state index contributed by atoms with van der Waals surface area (Å²) in [5, 5.41) is 0. The fraction of sp³-hybridized carbons (Fsp3) is 0.222. The normalized spacial score (nSPS) is 10.8. The third-order valence-electron chi connectivity index (χ3n) is 1.86. The summed E-state index contributed by atoms with van der Waals surface area (Å²) < 4.78 is 36.5. The maximum Gasteiger partial charge on any atom is 1.00 e. The van der Waals surface area contributed by atoms with Gasteiger partial charge in [-0.05, 0) is 18.6 Å². The average Bonchev–Trinajstić information content (AvgIpc) is 2.14. The van der Waals surface area contributed by atoms with E-state index in [4.69, 9.17) is 0 Å². The summed E-state index contributed by atoms with van der Waals surface area (Å²) in [5.41, 5.74) is 0.318. The first kappa shape index (κ1) is 16.9. The van der Waals surface area contributed by atoms with E-state index in [-0.39, 0.29) is 51.4 Å². The van der Waals surface area contributed by atoms with Crippen LogP contribution in [0.3, 0.4) is 0 Å². The molecule has 0 unspecified atom stereocenters. The summed E-state index contributed by atoms with van der Waals surface area (Å²) in [5.74, 6) is -0.471. The second-order valence-electron chi connectivity index (χ2n) is 3.18. The van der Waals surface area contributed by atoms with Crippen LogP contribution in [0.15, 0.2) is 28.7 Å². The second kappa shape index (κ2) is 7.33. The average molecular weight is 319 g/mol. The van der Waals surface area contributed by atoms with Crippen LogP contribution in [-0.4, -0.2) is 12.8 Å². The van der Waals surface area contributed by atoms with Crippen LogP contribution in [0, 0.1) is 0 Å². The summed E-state index contributed by atoms with van der Waals surface area (Å²) in [6.07, 6.45) is -1.47. The molecule has 7 heteroatoms. The molecule has 0 bridgehead atoms. The molecule has 0 saturated heterocycles. The summed E-state index contributed by atoms with van der Waals surface area (Å²) >= 11 is 3.18. The topological polar surface area (TPSA) is 17.1 Å². The van der Waals surface area contributed by atoms with Crippen molar-refractivity contribution in [3.63, 3.8) is 0 Å². The van der Waals surface area contributed by atoms with E-state index in [1.807, 2.05) is 0 Å². The minimum atomic E-state index is -4.87. The number of benzene rings is 1. The maximum atomic E-state index is 11.9. The first-order valence-electron chi connectivity index (χ1n) is 4.38. The minimum absolute atomic E-state index is 0. The molecule has 0 spiro atoms. The van der Waals surface area contributed by atoms with Crippen molar-refractivity contribution in [2.75, 3.05) is 0 Å². The first-order valence-corrected chi connectivity index (χ1v) is 5.17. The molecular formula is C9H8BBrF3KO. The van der Waals surface area contributed by atoms with Crippen LogP contribution < -0.4 is 51.4 Å². The van der Waals surface area contributed by atoms with Crippen molar-refractivity contribution < 1.29 is 69.1 Å². The van der Waals surface area contributed by atoms with Gasteiger partial charge in [0, 0.05) is 10.0 Å². The Bertz CT molecular complexity index is 353. The maximum absolute atomic E-state index is 11.9. The van der Waals surface area contributed by atoms with Gasteiger partial charge in [0.05, 0.1) is 0 Å². The number of carbonyl (C=O) groups excluding carboxylic acids is 1. The summed E-state index contributed by atoms with van der Waals surface area (Å²) in [4.78, 5) is 11.3. The Balaban J connectivity index is 0.00000225. The molecule has 0 aliphatic rings. The molecule has 0 aliphatic heterocycles. The molecule has 0 amide bonds. The zero-order valence-electron chi connectivity index (χ0n) is 8.72. The SMILES string of the molecule is O=C(CC[B-](F)(F)F)c1ccc(Br)cc1.[K+]. The molecule has 82 valence electrons. The van der Waals surface area contributed by atoms with Gasteiger partial charge in [-0.25, -0.2) is 0 Å². The predicted octanol–water partition coefficient (Wildman–Crippen LogP) is 0.873. The molecule has 0 saturated carbocycles. The van der Waals surface area contributed by atoms with Crippen LogP contribution in [0.1, 0.15) is 16.8 Å². The zero-order chi connectivity index (χ0) is 11.5. The Morgan fingerprint density at radius 3 is 2.12 bits per heavy atom. The number of carbonyl (C=O) groups is 1. The molecular weight excluding hydrogens is 311 g/mol. The Kier molecular flexibility index (Phi) is 7.72. The Labute approximate surface area is 143 Å². The number of hydrogen-bond acceptors (Lipinski definition) is 1. The van der Waals surface area contributed by atoms with E-state index in [9.17, 15) is 17.7 Å². The molecule has 1 aromatic carbocycles. The Morgan fingerprint density at radius 1 is 1.19 bits per heavy atom. The van der Waals surface area contributed by atoms with Gasteiger partial charge in [-0.3, -0.25) is 4.79 Å². The van der Waals surface area contributed by atoms with Crippen molar-refractivity contribution in [3.8, 4) is 0 Å². The van der Waals surface area contributed by atoms with Gasteiger partial charge in [0.25, 0.3) is 0 Å². The van der Waals surface area contributed by atoms with Crippen LogP contribution in [0.25, 0.3) is 0 Å². The monoisotopic (exact) mass is 318 g/mol. The van der Waals surface area contributed by atoms with Crippen LogP contribution in [0.4, 0.5) is 12.9 Å². The molecule has 0 radical (unpaired) electrons. The van der Waals surface area contributed by atoms with Crippen molar-refractivity contribution >= 4 is 28.7 Å². The van der Waals surface area contributed by atoms with E-state index in [1.54, 1.807) is 12.1 Å². The Morgan fingerprint density at radius 2 is 1.69 bits per heavy atom. The van der Waals surface area contributed by atoms with Gasteiger partial charge in [-0.2, -0.15) is 0 Å². The molecule has 0 fully saturated rings. The molecule has 16 heavy (non-hydrogen) atoms. The van der Waals surface area contributed by atoms with E-state index in [0.29, 0.717) is 5.56 Å². The van der Waals surface area contributed by atoms with E-state index < -0.39 is 25.5 Å². The van der Waals surface area contributed by atoms with Gasteiger partial charge < -0.3 is 12.9 Å². The predicted molar refractivity (Wildman–Crippen MR) is 57.0 cm³/mol. The molecule has 1 nitrogen and oxygen atoms in total. The first-order chi connectivity index (χ1) is 6.88. The largest absolute Gasteiger partial charge is 1.00 e. The number of hydrogen-bond donors (Lipinski definition) is 0. The third-order valence-corrected chi connectivity index (χ3v) is 2.39. The number of rotatable bonds is 4. The van der Waals surface area contributed by atoms with Crippen molar-refractivity contribution in [3.05, 3.63) is 34.3 Å². The smallest absolute Gasteiger partial charge is 0.449 e. The number of ketones is 1. The zero-order valence-corrected chi connectivity index (χ0v) is 13.4. The van der Waals surface area contributed by atoms with Gasteiger partial charge in [-0.15, -0.1) is 0 Å². The summed E-state index contributed by atoms with van der Waals surface area (Å²) in [6, 6.07) is 6.28. The van der Waals surface area contributed by atoms with Crippen molar-refractivity contribution in [2.24, 2.45) is 0 Å². The third kappa shape index (κ3) is 6.56. The van der Waals surface area contributed by atoms with Gasteiger partial charge in [0.2, 0.25) is 0 Å². The fourth-order valence-electron chi connectivity index (χ4n) is 1.07.